The molecule has 1 aromatic rings. The Labute approximate surface area is 128 Å². The first-order chi connectivity index (χ1) is 10.0. The van der Waals surface area contributed by atoms with E-state index in [1.54, 1.807) is 0 Å². The molecule has 2 unspecified atom stereocenters. The van der Waals surface area contributed by atoms with Gasteiger partial charge in [-0.05, 0) is 57.4 Å². The molecule has 3 N–H and O–H groups in total. The van der Waals surface area contributed by atoms with Gasteiger partial charge in [0.25, 0.3) is 0 Å². The summed E-state index contributed by atoms with van der Waals surface area (Å²) in [4.78, 5) is 0. The van der Waals surface area contributed by atoms with Crippen molar-refractivity contribution in [3.63, 3.8) is 0 Å². The zero-order valence-corrected chi connectivity index (χ0v) is 13.3. The third-order valence-electron chi connectivity index (χ3n) is 5.15. The van der Waals surface area contributed by atoms with E-state index in [9.17, 15) is 0 Å². The van der Waals surface area contributed by atoms with E-state index in [0.29, 0.717) is 12.1 Å². The van der Waals surface area contributed by atoms with E-state index in [0.717, 1.165) is 18.8 Å². The lowest BCUT2D eigenvalue weighted by Gasteiger charge is -2.34. The molecular formula is C19H28N2. The predicted octanol–water partition coefficient (Wildman–Crippen LogP) is 3.73. The second kappa shape index (κ2) is 5.94. The highest BCUT2D eigenvalue weighted by Crippen LogP contribution is 2.39. The molecule has 3 rings (SSSR count). The minimum absolute atomic E-state index is 0.0737. The van der Waals surface area contributed by atoms with Gasteiger partial charge >= 0.3 is 0 Å². The maximum Gasteiger partial charge on any atom is 0.0142 e. The van der Waals surface area contributed by atoms with Crippen molar-refractivity contribution >= 4 is 6.08 Å². The summed E-state index contributed by atoms with van der Waals surface area (Å²) in [6.45, 7) is 4.47. The number of nitrogens with one attached hydrogen (secondary N) is 1. The molecule has 2 nitrogen and oxygen atoms in total. The zero-order valence-electron chi connectivity index (χ0n) is 13.3. The lowest BCUT2D eigenvalue weighted by molar-refractivity contribution is 0.265. The highest BCUT2D eigenvalue weighted by atomic mass is 15.0. The monoisotopic (exact) mass is 284 g/mol. The second-order valence-corrected chi connectivity index (χ2v) is 7.34. The maximum atomic E-state index is 6.21. The Kier molecular flexibility index (Phi) is 4.19. The molecule has 114 valence electrons. The summed E-state index contributed by atoms with van der Waals surface area (Å²) in [5, 5.41) is 3.85. The van der Waals surface area contributed by atoms with E-state index in [4.69, 9.17) is 5.73 Å². The first-order valence-corrected chi connectivity index (χ1v) is 8.32. The van der Waals surface area contributed by atoms with Gasteiger partial charge in [0.15, 0.2) is 0 Å². The summed E-state index contributed by atoms with van der Waals surface area (Å²) in [6.07, 6.45) is 8.41. The van der Waals surface area contributed by atoms with Crippen LogP contribution < -0.4 is 11.1 Å². The summed E-state index contributed by atoms with van der Waals surface area (Å²) in [5.41, 5.74) is 9.11. The number of rotatable bonds is 4. The molecule has 2 heteroatoms. The van der Waals surface area contributed by atoms with Gasteiger partial charge in [-0.3, -0.25) is 0 Å². The average Bonchev–Trinajstić information content (AvgIpc) is 3.22. The van der Waals surface area contributed by atoms with Gasteiger partial charge in [0.05, 0.1) is 0 Å². The first-order valence-electron chi connectivity index (χ1n) is 8.32. The normalized spacial score (nSPS) is 36.5. The fourth-order valence-electron chi connectivity index (χ4n) is 3.55. The molecule has 2 aliphatic carbocycles. The van der Waals surface area contributed by atoms with Crippen LogP contribution in [-0.2, 0) is 0 Å². The van der Waals surface area contributed by atoms with Crippen LogP contribution in [0.1, 0.15) is 51.5 Å². The largest absolute Gasteiger partial charge is 0.325 e. The Balaban J connectivity index is 1.49. The van der Waals surface area contributed by atoms with Gasteiger partial charge < -0.3 is 11.1 Å². The summed E-state index contributed by atoms with van der Waals surface area (Å²) in [5.74, 6) is 0.733. The second-order valence-electron chi connectivity index (χ2n) is 7.34. The van der Waals surface area contributed by atoms with Crippen LogP contribution in [-0.4, -0.2) is 17.6 Å². The van der Waals surface area contributed by atoms with Crippen molar-refractivity contribution in [3.05, 3.63) is 41.5 Å². The van der Waals surface area contributed by atoms with Crippen molar-refractivity contribution in [2.24, 2.45) is 11.7 Å². The molecule has 0 spiro atoms. The van der Waals surface area contributed by atoms with Crippen LogP contribution in [0.25, 0.3) is 6.08 Å². The molecule has 0 saturated heterocycles. The Morgan fingerprint density at radius 3 is 2.57 bits per heavy atom. The van der Waals surface area contributed by atoms with Crippen LogP contribution in [0.4, 0.5) is 0 Å². The molecule has 0 amide bonds. The lowest BCUT2D eigenvalue weighted by atomic mass is 9.81. The smallest absolute Gasteiger partial charge is 0.0142 e. The molecule has 1 aromatic carbocycles. The van der Waals surface area contributed by atoms with Crippen LogP contribution in [0, 0.1) is 5.92 Å². The SMILES string of the molecule is C/C(=C\c1ccccc1)C1CC1NC1CCC(C)(N)CC1. The number of hydrogen-bond donors (Lipinski definition) is 2. The molecular weight excluding hydrogens is 256 g/mol. The van der Waals surface area contributed by atoms with Gasteiger partial charge in [-0.15, -0.1) is 0 Å². The summed E-state index contributed by atoms with van der Waals surface area (Å²) in [6, 6.07) is 12.0. The number of nitrogens with two attached hydrogens (primary N) is 1. The van der Waals surface area contributed by atoms with Gasteiger partial charge in [-0.1, -0.05) is 42.0 Å². The highest BCUT2D eigenvalue weighted by Gasteiger charge is 2.40. The lowest BCUT2D eigenvalue weighted by Crippen LogP contribution is -2.45. The Hall–Kier alpha value is -1.12. The van der Waals surface area contributed by atoms with Crippen molar-refractivity contribution in [1.82, 2.24) is 5.32 Å². The van der Waals surface area contributed by atoms with Crippen molar-refractivity contribution in [2.75, 3.05) is 0 Å². The van der Waals surface area contributed by atoms with E-state index >= 15 is 0 Å². The quantitative estimate of drug-likeness (QED) is 0.884. The molecule has 2 aliphatic rings. The summed E-state index contributed by atoms with van der Waals surface area (Å²) >= 11 is 0. The molecule has 2 fully saturated rings. The minimum atomic E-state index is 0.0737. The van der Waals surface area contributed by atoms with Crippen LogP contribution >= 0.6 is 0 Å². The van der Waals surface area contributed by atoms with Crippen molar-refractivity contribution < 1.29 is 0 Å². The van der Waals surface area contributed by atoms with Gasteiger partial charge in [-0.2, -0.15) is 0 Å². The van der Waals surface area contributed by atoms with Gasteiger partial charge in [0.1, 0.15) is 0 Å². The van der Waals surface area contributed by atoms with Gasteiger partial charge in [-0.25, -0.2) is 0 Å². The van der Waals surface area contributed by atoms with E-state index in [1.807, 2.05) is 0 Å². The van der Waals surface area contributed by atoms with Crippen molar-refractivity contribution in [1.29, 1.82) is 0 Å². The minimum Gasteiger partial charge on any atom is -0.325 e. The van der Waals surface area contributed by atoms with E-state index < -0.39 is 0 Å². The molecule has 0 aliphatic heterocycles. The Morgan fingerprint density at radius 1 is 1.24 bits per heavy atom. The van der Waals surface area contributed by atoms with Crippen LogP contribution in [0.5, 0.6) is 0 Å². The van der Waals surface area contributed by atoms with Gasteiger partial charge in [0.2, 0.25) is 0 Å². The molecule has 0 aromatic heterocycles. The number of benzene rings is 1. The predicted molar refractivity (Wildman–Crippen MR) is 90.0 cm³/mol. The molecule has 0 radical (unpaired) electrons. The highest BCUT2D eigenvalue weighted by molar-refractivity contribution is 5.53. The maximum absolute atomic E-state index is 6.21. The van der Waals surface area contributed by atoms with E-state index in [2.05, 4.69) is 55.6 Å². The molecule has 21 heavy (non-hydrogen) atoms. The molecule has 2 atom stereocenters. The van der Waals surface area contributed by atoms with Crippen LogP contribution in [0.2, 0.25) is 0 Å². The van der Waals surface area contributed by atoms with E-state index in [-0.39, 0.29) is 5.54 Å². The third-order valence-corrected chi connectivity index (χ3v) is 5.15. The zero-order chi connectivity index (χ0) is 14.9. The van der Waals surface area contributed by atoms with Crippen LogP contribution in [0.15, 0.2) is 35.9 Å². The molecule has 0 heterocycles. The first kappa shape index (κ1) is 14.8. The van der Waals surface area contributed by atoms with Crippen LogP contribution in [0.3, 0.4) is 0 Å². The summed E-state index contributed by atoms with van der Waals surface area (Å²) < 4.78 is 0. The Morgan fingerprint density at radius 2 is 1.90 bits per heavy atom. The average molecular weight is 284 g/mol. The topological polar surface area (TPSA) is 38.0 Å². The van der Waals surface area contributed by atoms with Crippen molar-refractivity contribution in [3.8, 4) is 0 Å². The fraction of sp³-hybridized carbons (Fsp3) is 0.579. The van der Waals surface area contributed by atoms with E-state index in [1.165, 1.54) is 30.4 Å². The number of hydrogen-bond acceptors (Lipinski definition) is 2. The summed E-state index contributed by atoms with van der Waals surface area (Å²) in [7, 11) is 0. The third kappa shape index (κ3) is 3.96. The van der Waals surface area contributed by atoms with Crippen molar-refractivity contribution in [2.45, 2.75) is 63.6 Å². The standard InChI is InChI=1S/C19H28N2/c1-14(12-15-6-4-3-5-7-15)17-13-18(17)21-16-8-10-19(2,20)11-9-16/h3-7,12,16-18,21H,8-11,13,20H2,1-2H3/b14-12+. The Bertz CT molecular complexity index is 494. The van der Waals surface area contributed by atoms with Gasteiger partial charge in [0, 0.05) is 17.6 Å². The molecule has 2 saturated carbocycles. The molecule has 0 bridgehead atoms. The fourth-order valence-corrected chi connectivity index (χ4v) is 3.55.